The SMILES string of the molecule is CC(C)CNC(=O)Nc1ccc(N2CCCC2)c(F)c1. The number of hydrogen-bond acceptors (Lipinski definition) is 2. The fourth-order valence-electron chi connectivity index (χ4n) is 2.27. The first-order chi connectivity index (χ1) is 9.56. The third-order valence-electron chi connectivity index (χ3n) is 3.32. The highest BCUT2D eigenvalue weighted by Gasteiger charge is 2.16. The van der Waals surface area contributed by atoms with Crippen LogP contribution in [0, 0.1) is 11.7 Å². The predicted octanol–water partition coefficient (Wildman–Crippen LogP) is 3.20. The molecule has 5 heteroatoms. The van der Waals surface area contributed by atoms with Crippen LogP contribution in [-0.2, 0) is 0 Å². The van der Waals surface area contributed by atoms with Gasteiger partial charge in [-0.05, 0) is 37.0 Å². The van der Waals surface area contributed by atoms with Gasteiger partial charge in [0.2, 0.25) is 0 Å². The Morgan fingerprint density at radius 3 is 2.65 bits per heavy atom. The number of anilines is 2. The Balaban J connectivity index is 1.96. The van der Waals surface area contributed by atoms with E-state index in [4.69, 9.17) is 0 Å². The normalized spacial score (nSPS) is 14.7. The van der Waals surface area contributed by atoms with Gasteiger partial charge in [0.05, 0.1) is 5.69 Å². The molecule has 2 N–H and O–H groups in total. The molecule has 1 heterocycles. The van der Waals surface area contributed by atoms with Gasteiger partial charge in [-0.3, -0.25) is 0 Å². The average Bonchev–Trinajstić information content (AvgIpc) is 2.90. The molecular formula is C15H22FN3O. The quantitative estimate of drug-likeness (QED) is 0.889. The first-order valence-electron chi connectivity index (χ1n) is 7.15. The van der Waals surface area contributed by atoms with Crippen LogP contribution >= 0.6 is 0 Å². The zero-order chi connectivity index (χ0) is 14.5. The van der Waals surface area contributed by atoms with E-state index >= 15 is 0 Å². The smallest absolute Gasteiger partial charge is 0.319 e. The molecule has 0 saturated carbocycles. The zero-order valence-electron chi connectivity index (χ0n) is 12.1. The Bertz CT molecular complexity index is 470. The number of carbonyl (C=O) groups excluding carboxylic acids is 1. The second-order valence-corrected chi connectivity index (χ2v) is 5.59. The van der Waals surface area contributed by atoms with Crippen LogP contribution in [-0.4, -0.2) is 25.7 Å². The number of rotatable bonds is 4. The van der Waals surface area contributed by atoms with Crippen LogP contribution < -0.4 is 15.5 Å². The number of hydrogen-bond donors (Lipinski definition) is 2. The Hall–Kier alpha value is -1.78. The minimum absolute atomic E-state index is 0.284. The lowest BCUT2D eigenvalue weighted by molar-refractivity contribution is 0.251. The van der Waals surface area contributed by atoms with Crippen molar-refractivity contribution in [2.45, 2.75) is 26.7 Å². The van der Waals surface area contributed by atoms with Crippen LogP contribution in [0.1, 0.15) is 26.7 Å². The molecule has 110 valence electrons. The number of nitrogens with one attached hydrogen (secondary N) is 2. The maximum atomic E-state index is 14.1. The van der Waals surface area contributed by atoms with Gasteiger partial charge >= 0.3 is 6.03 Å². The molecule has 1 aromatic rings. The molecule has 0 unspecified atom stereocenters. The molecule has 1 aliphatic rings. The molecule has 1 fully saturated rings. The minimum atomic E-state index is -0.299. The monoisotopic (exact) mass is 279 g/mol. The summed E-state index contributed by atoms with van der Waals surface area (Å²) in [5.41, 5.74) is 1.10. The van der Waals surface area contributed by atoms with Crippen LogP contribution in [0.5, 0.6) is 0 Å². The molecule has 1 aliphatic heterocycles. The number of urea groups is 1. The molecule has 0 atom stereocenters. The van der Waals surface area contributed by atoms with Crippen LogP contribution in [0.4, 0.5) is 20.6 Å². The van der Waals surface area contributed by atoms with Gasteiger partial charge in [0.1, 0.15) is 5.82 Å². The minimum Gasteiger partial charge on any atom is -0.369 e. The van der Waals surface area contributed by atoms with Crippen LogP contribution in [0.25, 0.3) is 0 Å². The predicted molar refractivity (Wildman–Crippen MR) is 79.7 cm³/mol. The fraction of sp³-hybridized carbons (Fsp3) is 0.533. The summed E-state index contributed by atoms with van der Waals surface area (Å²) in [6.07, 6.45) is 2.22. The molecule has 4 nitrogen and oxygen atoms in total. The van der Waals surface area contributed by atoms with Gasteiger partial charge in [0.25, 0.3) is 0 Å². The lowest BCUT2D eigenvalue weighted by Gasteiger charge is -2.19. The van der Waals surface area contributed by atoms with Gasteiger partial charge < -0.3 is 15.5 Å². The van der Waals surface area contributed by atoms with Crippen molar-refractivity contribution in [2.75, 3.05) is 29.9 Å². The lowest BCUT2D eigenvalue weighted by atomic mass is 10.2. The van der Waals surface area contributed by atoms with E-state index in [9.17, 15) is 9.18 Å². The van der Waals surface area contributed by atoms with E-state index in [1.165, 1.54) is 6.07 Å². The van der Waals surface area contributed by atoms with Crippen molar-refractivity contribution in [1.29, 1.82) is 0 Å². The Labute approximate surface area is 119 Å². The Morgan fingerprint density at radius 1 is 1.35 bits per heavy atom. The third kappa shape index (κ3) is 3.85. The summed E-state index contributed by atoms with van der Waals surface area (Å²) in [5, 5.41) is 5.38. The fourth-order valence-corrected chi connectivity index (χ4v) is 2.27. The van der Waals surface area contributed by atoms with E-state index < -0.39 is 0 Å². The van der Waals surface area contributed by atoms with Crippen LogP contribution in [0.3, 0.4) is 0 Å². The number of carbonyl (C=O) groups is 1. The van der Waals surface area contributed by atoms with Crippen molar-refractivity contribution in [3.8, 4) is 0 Å². The molecule has 2 amide bonds. The van der Waals surface area contributed by atoms with E-state index in [1.807, 2.05) is 18.7 Å². The molecule has 2 rings (SSSR count). The zero-order valence-corrected chi connectivity index (χ0v) is 12.1. The van der Waals surface area contributed by atoms with Crippen molar-refractivity contribution in [3.63, 3.8) is 0 Å². The average molecular weight is 279 g/mol. The second kappa shape index (κ2) is 6.59. The molecule has 0 aliphatic carbocycles. The van der Waals surface area contributed by atoms with Gasteiger partial charge in [-0.15, -0.1) is 0 Å². The van der Waals surface area contributed by atoms with Crippen molar-refractivity contribution in [2.24, 2.45) is 5.92 Å². The third-order valence-corrected chi connectivity index (χ3v) is 3.32. The maximum absolute atomic E-state index is 14.1. The van der Waals surface area contributed by atoms with Crippen molar-refractivity contribution in [1.82, 2.24) is 5.32 Å². The summed E-state index contributed by atoms with van der Waals surface area (Å²) in [7, 11) is 0. The largest absolute Gasteiger partial charge is 0.369 e. The first kappa shape index (κ1) is 14.6. The van der Waals surface area contributed by atoms with Crippen molar-refractivity contribution >= 4 is 17.4 Å². The number of nitrogens with zero attached hydrogens (tertiary/aromatic N) is 1. The molecule has 0 aromatic heterocycles. The van der Waals surface area contributed by atoms with Crippen molar-refractivity contribution < 1.29 is 9.18 Å². The molecular weight excluding hydrogens is 257 g/mol. The van der Waals surface area contributed by atoms with Gasteiger partial charge in [0.15, 0.2) is 0 Å². The number of halogens is 1. The van der Waals surface area contributed by atoms with Gasteiger partial charge in [-0.1, -0.05) is 13.8 Å². The van der Waals surface area contributed by atoms with Crippen LogP contribution in [0.2, 0.25) is 0 Å². The molecule has 0 bridgehead atoms. The Kier molecular flexibility index (Phi) is 4.82. The van der Waals surface area contributed by atoms with Gasteiger partial charge in [-0.2, -0.15) is 0 Å². The van der Waals surface area contributed by atoms with E-state index in [2.05, 4.69) is 10.6 Å². The van der Waals surface area contributed by atoms with Gasteiger partial charge in [-0.25, -0.2) is 9.18 Å². The molecule has 0 radical (unpaired) electrons. The van der Waals surface area contributed by atoms with E-state index in [0.29, 0.717) is 23.8 Å². The summed E-state index contributed by atoms with van der Waals surface area (Å²) >= 11 is 0. The van der Waals surface area contributed by atoms with Crippen LogP contribution in [0.15, 0.2) is 18.2 Å². The highest BCUT2D eigenvalue weighted by atomic mass is 19.1. The highest BCUT2D eigenvalue weighted by molar-refractivity contribution is 5.89. The number of amides is 2. The van der Waals surface area contributed by atoms with Crippen molar-refractivity contribution in [3.05, 3.63) is 24.0 Å². The molecule has 20 heavy (non-hydrogen) atoms. The van der Waals surface area contributed by atoms with E-state index in [1.54, 1.807) is 12.1 Å². The standard InChI is InChI=1S/C15H22FN3O/c1-11(2)10-17-15(20)18-12-5-6-14(13(16)9-12)19-7-3-4-8-19/h5-6,9,11H,3-4,7-8,10H2,1-2H3,(H2,17,18,20). The van der Waals surface area contributed by atoms with E-state index in [0.717, 1.165) is 25.9 Å². The summed E-state index contributed by atoms with van der Waals surface area (Å²) in [4.78, 5) is 13.7. The molecule has 1 saturated heterocycles. The molecule has 0 spiro atoms. The first-order valence-corrected chi connectivity index (χ1v) is 7.15. The summed E-state index contributed by atoms with van der Waals surface area (Å²) < 4.78 is 14.1. The maximum Gasteiger partial charge on any atom is 0.319 e. The highest BCUT2D eigenvalue weighted by Crippen LogP contribution is 2.25. The number of benzene rings is 1. The van der Waals surface area contributed by atoms with E-state index in [-0.39, 0.29) is 11.8 Å². The molecule has 1 aromatic carbocycles. The van der Waals surface area contributed by atoms with Gasteiger partial charge in [0, 0.05) is 25.3 Å². The summed E-state index contributed by atoms with van der Waals surface area (Å²) in [6.45, 7) is 6.44. The Morgan fingerprint density at radius 2 is 2.05 bits per heavy atom. The topological polar surface area (TPSA) is 44.4 Å². The summed E-state index contributed by atoms with van der Waals surface area (Å²) in [5.74, 6) is 0.101. The second-order valence-electron chi connectivity index (χ2n) is 5.59. The summed E-state index contributed by atoms with van der Waals surface area (Å²) in [6, 6.07) is 4.56. The lowest BCUT2D eigenvalue weighted by Crippen LogP contribution is -2.31.